The lowest BCUT2D eigenvalue weighted by molar-refractivity contribution is 0.360. The molecule has 0 bridgehead atoms. The standard InChI is InChI=1S/C6H12NO4S2/c1-12(8,9)6(13(2,10)11)5-3-7-4-5/h5-7H,1,3-4H2,2H3. The second kappa shape index (κ2) is 3.21. The largest absolute Gasteiger partial charge is 0.316 e. The number of hydrogen-bond donors (Lipinski definition) is 1. The van der Waals surface area contributed by atoms with Gasteiger partial charge in [-0.25, -0.2) is 16.8 Å². The van der Waals surface area contributed by atoms with Gasteiger partial charge >= 0.3 is 0 Å². The summed E-state index contributed by atoms with van der Waals surface area (Å²) in [5.74, 6) is -0.350. The summed E-state index contributed by atoms with van der Waals surface area (Å²) in [5.41, 5.74) is 0. The lowest BCUT2D eigenvalue weighted by Gasteiger charge is -2.32. The molecule has 1 aliphatic heterocycles. The first-order chi connectivity index (χ1) is 5.73. The first kappa shape index (κ1) is 10.9. The molecule has 1 heterocycles. The maximum absolute atomic E-state index is 11.2. The Bertz CT molecular complexity index is 347. The van der Waals surface area contributed by atoms with Crippen LogP contribution in [0.3, 0.4) is 0 Å². The molecule has 1 N–H and O–H groups in total. The van der Waals surface area contributed by atoms with Gasteiger partial charge in [-0.05, 0) is 0 Å². The maximum atomic E-state index is 11.2. The third-order valence-corrected chi connectivity index (χ3v) is 6.22. The van der Waals surface area contributed by atoms with Crippen molar-refractivity contribution in [1.29, 1.82) is 0 Å². The molecule has 0 aromatic heterocycles. The third-order valence-electron chi connectivity index (χ3n) is 1.97. The molecule has 5 nitrogen and oxygen atoms in total. The van der Waals surface area contributed by atoms with Crippen molar-refractivity contribution in [3.63, 3.8) is 0 Å². The van der Waals surface area contributed by atoms with Gasteiger partial charge in [0.05, 0.1) is 6.26 Å². The minimum Gasteiger partial charge on any atom is -0.316 e. The highest BCUT2D eigenvalue weighted by atomic mass is 32.3. The van der Waals surface area contributed by atoms with Crippen LogP contribution in [0.4, 0.5) is 0 Å². The number of sulfone groups is 2. The summed E-state index contributed by atoms with van der Waals surface area (Å²) < 4.78 is 43.2. The van der Waals surface area contributed by atoms with E-state index in [-0.39, 0.29) is 5.92 Å². The number of rotatable bonds is 3. The fourth-order valence-electron chi connectivity index (χ4n) is 1.41. The van der Waals surface area contributed by atoms with E-state index < -0.39 is 24.3 Å². The molecule has 1 unspecified atom stereocenters. The molecule has 7 heteroatoms. The molecule has 1 radical (unpaired) electrons. The van der Waals surface area contributed by atoms with Gasteiger partial charge in [-0.1, -0.05) is 0 Å². The van der Waals surface area contributed by atoms with E-state index in [1.54, 1.807) is 0 Å². The molecular weight excluding hydrogens is 214 g/mol. The minimum atomic E-state index is -3.76. The van der Waals surface area contributed by atoms with Crippen molar-refractivity contribution in [3.8, 4) is 0 Å². The minimum absolute atomic E-state index is 0.350. The number of nitrogens with one attached hydrogen (secondary N) is 1. The average molecular weight is 226 g/mol. The van der Waals surface area contributed by atoms with Crippen LogP contribution in [0, 0.1) is 12.2 Å². The Balaban J connectivity index is 3.03. The molecule has 1 rings (SSSR count). The summed E-state index contributed by atoms with van der Waals surface area (Å²) in [5, 5.41) is 2.83. The van der Waals surface area contributed by atoms with Crippen LogP contribution < -0.4 is 5.32 Å². The van der Waals surface area contributed by atoms with Gasteiger partial charge < -0.3 is 5.32 Å². The topological polar surface area (TPSA) is 80.3 Å². The van der Waals surface area contributed by atoms with E-state index in [2.05, 4.69) is 11.6 Å². The molecule has 0 spiro atoms. The second-order valence-electron chi connectivity index (χ2n) is 3.28. The Kier molecular flexibility index (Phi) is 2.70. The highest BCUT2D eigenvalue weighted by Crippen LogP contribution is 2.21. The molecule has 13 heavy (non-hydrogen) atoms. The molecule has 1 saturated heterocycles. The average Bonchev–Trinajstić information content (AvgIpc) is 1.71. The van der Waals surface area contributed by atoms with Crippen LogP contribution in [0.5, 0.6) is 0 Å². The Labute approximate surface area is 78.4 Å². The van der Waals surface area contributed by atoms with E-state index in [1.165, 1.54) is 0 Å². The van der Waals surface area contributed by atoms with Crippen molar-refractivity contribution in [3.05, 3.63) is 6.26 Å². The van der Waals surface area contributed by atoms with Crippen LogP contribution in [-0.2, 0) is 19.7 Å². The molecular formula is C6H12NO4S2. The van der Waals surface area contributed by atoms with Crippen LogP contribution in [0.15, 0.2) is 0 Å². The molecule has 0 amide bonds. The zero-order valence-electron chi connectivity index (χ0n) is 7.23. The molecule has 0 aliphatic carbocycles. The van der Waals surface area contributed by atoms with E-state index in [0.717, 1.165) is 6.26 Å². The fourth-order valence-corrected chi connectivity index (χ4v) is 5.21. The summed E-state index contributed by atoms with van der Waals surface area (Å²) in [7, 11) is -7.33. The van der Waals surface area contributed by atoms with Gasteiger partial charge in [-0.2, -0.15) is 0 Å². The van der Waals surface area contributed by atoms with Crippen LogP contribution in [0.25, 0.3) is 0 Å². The van der Waals surface area contributed by atoms with Crippen LogP contribution >= 0.6 is 0 Å². The van der Waals surface area contributed by atoms with Gasteiger partial charge in [-0.15, -0.1) is 0 Å². The van der Waals surface area contributed by atoms with E-state index >= 15 is 0 Å². The summed E-state index contributed by atoms with van der Waals surface area (Å²) in [6.45, 7) is 0.846. The fraction of sp³-hybridized carbons (Fsp3) is 0.833. The molecule has 1 aliphatic rings. The van der Waals surface area contributed by atoms with Gasteiger partial charge in [-0.3, -0.25) is 0 Å². The normalized spacial score (nSPS) is 20.2. The summed E-state index contributed by atoms with van der Waals surface area (Å²) in [6.07, 6.45) is 3.83. The van der Waals surface area contributed by atoms with E-state index in [4.69, 9.17) is 0 Å². The SMILES string of the molecule is [CH2]S(=O)(=O)C(C1CNC1)S(C)(=O)=O. The predicted molar refractivity (Wildman–Crippen MR) is 49.3 cm³/mol. The van der Waals surface area contributed by atoms with Gasteiger partial charge in [0.15, 0.2) is 24.3 Å². The lowest BCUT2D eigenvalue weighted by Crippen LogP contribution is -2.53. The van der Waals surface area contributed by atoms with Crippen molar-refractivity contribution in [2.24, 2.45) is 5.92 Å². The lowest BCUT2D eigenvalue weighted by atomic mass is 10.1. The molecule has 0 aromatic carbocycles. The summed E-state index contributed by atoms with van der Waals surface area (Å²) in [4.78, 5) is 0. The molecule has 1 atom stereocenters. The highest BCUT2D eigenvalue weighted by Gasteiger charge is 2.41. The first-order valence-electron chi connectivity index (χ1n) is 3.69. The van der Waals surface area contributed by atoms with Crippen molar-refractivity contribution >= 4 is 19.7 Å². The Morgan fingerprint density at radius 2 is 1.77 bits per heavy atom. The molecule has 0 saturated carbocycles. The van der Waals surface area contributed by atoms with Crippen LogP contribution in [0.1, 0.15) is 0 Å². The zero-order valence-corrected chi connectivity index (χ0v) is 8.86. The molecule has 0 aromatic rings. The third kappa shape index (κ3) is 2.41. The molecule has 1 fully saturated rings. The van der Waals surface area contributed by atoms with E-state index in [0.29, 0.717) is 13.1 Å². The smallest absolute Gasteiger partial charge is 0.168 e. The summed E-state index contributed by atoms with van der Waals surface area (Å²) in [6, 6.07) is 0. The Morgan fingerprint density at radius 1 is 1.31 bits per heavy atom. The summed E-state index contributed by atoms with van der Waals surface area (Å²) >= 11 is 0. The van der Waals surface area contributed by atoms with Crippen molar-refractivity contribution in [1.82, 2.24) is 5.32 Å². The zero-order chi connectivity index (χ0) is 10.3. The van der Waals surface area contributed by atoms with Gasteiger partial charge in [0.2, 0.25) is 0 Å². The second-order valence-corrected chi connectivity index (χ2v) is 7.58. The van der Waals surface area contributed by atoms with Crippen molar-refractivity contribution in [2.45, 2.75) is 4.58 Å². The molecule has 77 valence electrons. The quantitative estimate of drug-likeness (QED) is 0.652. The Hall–Kier alpha value is -0.140. The van der Waals surface area contributed by atoms with Crippen molar-refractivity contribution < 1.29 is 16.8 Å². The predicted octanol–water partition coefficient (Wildman–Crippen LogP) is -1.22. The maximum Gasteiger partial charge on any atom is 0.168 e. The van der Waals surface area contributed by atoms with Crippen LogP contribution in [0.2, 0.25) is 0 Å². The van der Waals surface area contributed by atoms with Gasteiger partial charge in [0.1, 0.15) is 0 Å². The highest BCUT2D eigenvalue weighted by molar-refractivity contribution is 8.09. The Morgan fingerprint density at radius 3 is 1.85 bits per heavy atom. The number of hydrogen-bond acceptors (Lipinski definition) is 5. The van der Waals surface area contributed by atoms with Gasteiger partial charge in [0.25, 0.3) is 0 Å². The van der Waals surface area contributed by atoms with E-state index in [1.807, 2.05) is 0 Å². The van der Waals surface area contributed by atoms with E-state index in [9.17, 15) is 16.8 Å². The first-order valence-corrected chi connectivity index (χ1v) is 7.36. The van der Waals surface area contributed by atoms with Crippen molar-refractivity contribution in [2.75, 3.05) is 19.3 Å². The monoisotopic (exact) mass is 226 g/mol. The van der Waals surface area contributed by atoms with Gasteiger partial charge in [0, 0.05) is 25.3 Å². The van der Waals surface area contributed by atoms with Crippen LogP contribution in [-0.4, -0.2) is 40.8 Å².